The standard InChI is InChI=1S/C12H16O3/c1-4-15-11-7-5-6-10(8-11)9(2)12(13)14-3/h5-9H,4H2,1-3H3. The van der Waals surface area contributed by atoms with E-state index in [9.17, 15) is 4.79 Å². The molecule has 0 radical (unpaired) electrons. The smallest absolute Gasteiger partial charge is 0.312 e. The Kier molecular flexibility index (Phi) is 4.16. The van der Waals surface area contributed by atoms with Crippen LogP contribution in [-0.4, -0.2) is 19.7 Å². The molecule has 3 nitrogen and oxygen atoms in total. The van der Waals surface area contributed by atoms with Gasteiger partial charge in [-0.1, -0.05) is 12.1 Å². The Morgan fingerprint density at radius 2 is 2.20 bits per heavy atom. The van der Waals surface area contributed by atoms with Gasteiger partial charge in [0.1, 0.15) is 5.75 Å². The molecule has 0 aliphatic heterocycles. The van der Waals surface area contributed by atoms with E-state index in [4.69, 9.17) is 4.74 Å². The summed E-state index contributed by atoms with van der Waals surface area (Å²) in [4.78, 5) is 11.3. The van der Waals surface area contributed by atoms with Gasteiger partial charge in [-0.05, 0) is 31.5 Å². The molecule has 0 aliphatic carbocycles. The maximum atomic E-state index is 11.3. The molecule has 1 rings (SSSR count). The zero-order valence-electron chi connectivity index (χ0n) is 9.32. The fraction of sp³-hybridized carbons (Fsp3) is 0.417. The third-order valence-electron chi connectivity index (χ3n) is 2.22. The number of hydrogen-bond acceptors (Lipinski definition) is 3. The highest BCUT2D eigenvalue weighted by Gasteiger charge is 2.15. The van der Waals surface area contributed by atoms with Gasteiger partial charge in [0.05, 0.1) is 19.6 Å². The Hall–Kier alpha value is -1.51. The second-order valence-corrected chi connectivity index (χ2v) is 3.25. The van der Waals surface area contributed by atoms with E-state index >= 15 is 0 Å². The minimum atomic E-state index is -0.254. The van der Waals surface area contributed by atoms with E-state index in [0.29, 0.717) is 6.61 Å². The highest BCUT2D eigenvalue weighted by Crippen LogP contribution is 2.21. The van der Waals surface area contributed by atoms with Gasteiger partial charge in [-0.15, -0.1) is 0 Å². The summed E-state index contributed by atoms with van der Waals surface area (Å²) in [7, 11) is 1.39. The highest BCUT2D eigenvalue weighted by atomic mass is 16.5. The first-order chi connectivity index (χ1) is 7.19. The molecule has 0 spiro atoms. The van der Waals surface area contributed by atoms with Crippen LogP contribution in [0.25, 0.3) is 0 Å². The molecule has 0 fully saturated rings. The summed E-state index contributed by atoms with van der Waals surface area (Å²) in [5.41, 5.74) is 0.910. The zero-order valence-corrected chi connectivity index (χ0v) is 9.32. The molecule has 0 saturated heterocycles. The van der Waals surface area contributed by atoms with E-state index in [0.717, 1.165) is 11.3 Å². The molecule has 0 aliphatic rings. The first-order valence-corrected chi connectivity index (χ1v) is 4.99. The van der Waals surface area contributed by atoms with Gasteiger partial charge in [0, 0.05) is 0 Å². The van der Waals surface area contributed by atoms with Crippen LogP contribution in [0.1, 0.15) is 25.3 Å². The van der Waals surface area contributed by atoms with Crippen molar-refractivity contribution in [1.29, 1.82) is 0 Å². The first-order valence-electron chi connectivity index (χ1n) is 4.99. The molecule has 1 aromatic rings. The second kappa shape index (κ2) is 5.39. The van der Waals surface area contributed by atoms with Gasteiger partial charge < -0.3 is 9.47 Å². The van der Waals surface area contributed by atoms with Crippen molar-refractivity contribution in [3.05, 3.63) is 29.8 Å². The van der Waals surface area contributed by atoms with Gasteiger partial charge in [0.15, 0.2) is 0 Å². The Balaban J connectivity index is 2.84. The number of rotatable bonds is 4. The molecule has 1 atom stereocenters. The monoisotopic (exact) mass is 208 g/mol. The number of ether oxygens (including phenoxy) is 2. The average Bonchev–Trinajstić information content (AvgIpc) is 2.28. The summed E-state index contributed by atoms with van der Waals surface area (Å²) >= 11 is 0. The fourth-order valence-corrected chi connectivity index (χ4v) is 1.35. The van der Waals surface area contributed by atoms with Crippen LogP contribution in [0, 0.1) is 0 Å². The predicted molar refractivity (Wildman–Crippen MR) is 58.0 cm³/mol. The number of benzene rings is 1. The molecule has 0 heterocycles. The molecule has 1 unspecified atom stereocenters. The van der Waals surface area contributed by atoms with Crippen molar-refractivity contribution in [2.45, 2.75) is 19.8 Å². The van der Waals surface area contributed by atoms with Gasteiger partial charge in [-0.2, -0.15) is 0 Å². The molecule has 0 bridgehead atoms. The number of carbonyl (C=O) groups is 1. The third-order valence-corrected chi connectivity index (χ3v) is 2.22. The molecule has 0 saturated carbocycles. The van der Waals surface area contributed by atoms with Gasteiger partial charge in [0.2, 0.25) is 0 Å². The highest BCUT2D eigenvalue weighted by molar-refractivity contribution is 5.77. The number of methoxy groups -OCH3 is 1. The molecule has 3 heteroatoms. The molecule has 82 valence electrons. The maximum Gasteiger partial charge on any atom is 0.312 e. The Bertz CT molecular complexity index is 333. The molecule has 0 amide bonds. The van der Waals surface area contributed by atoms with Crippen LogP contribution in [0.15, 0.2) is 24.3 Å². The van der Waals surface area contributed by atoms with Crippen molar-refractivity contribution >= 4 is 5.97 Å². The summed E-state index contributed by atoms with van der Waals surface area (Å²) in [5.74, 6) is 0.296. The Morgan fingerprint density at radius 3 is 2.80 bits per heavy atom. The predicted octanol–water partition coefficient (Wildman–Crippen LogP) is 2.36. The fourth-order valence-electron chi connectivity index (χ4n) is 1.35. The van der Waals surface area contributed by atoms with Crippen LogP contribution in [0.2, 0.25) is 0 Å². The van der Waals surface area contributed by atoms with Crippen LogP contribution in [0.3, 0.4) is 0 Å². The Labute approximate surface area is 90.0 Å². The van der Waals surface area contributed by atoms with Crippen molar-refractivity contribution in [3.63, 3.8) is 0 Å². The largest absolute Gasteiger partial charge is 0.494 e. The molecule has 15 heavy (non-hydrogen) atoms. The minimum Gasteiger partial charge on any atom is -0.494 e. The van der Waals surface area contributed by atoms with E-state index in [1.165, 1.54) is 7.11 Å². The van der Waals surface area contributed by atoms with E-state index in [1.54, 1.807) is 0 Å². The topological polar surface area (TPSA) is 35.5 Å². The number of carbonyl (C=O) groups excluding carboxylic acids is 1. The molecule has 0 N–H and O–H groups in total. The average molecular weight is 208 g/mol. The van der Waals surface area contributed by atoms with Crippen molar-refractivity contribution in [2.75, 3.05) is 13.7 Å². The van der Waals surface area contributed by atoms with Crippen LogP contribution in [0.4, 0.5) is 0 Å². The van der Waals surface area contributed by atoms with Crippen molar-refractivity contribution in [2.24, 2.45) is 0 Å². The summed E-state index contributed by atoms with van der Waals surface area (Å²) < 4.78 is 10.0. The zero-order chi connectivity index (χ0) is 11.3. The SMILES string of the molecule is CCOc1cccc(C(C)C(=O)OC)c1. The number of esters is 1. The third kappa shape index (κ3) is 2.98. The summed E-state index contributed by atoms with van der Waals surface area (Å²) in [6.45, 7) is 4.36. The molecule has 1 aromatic carbocycles. The normalized spacial score (nSPS) is 11.9. The lowest BCUT2D eigenvalue weighted by Gasteiger charge is -2.11. The van der Waals surface area contributed by atoms with Crippen LogP contribution >= 0.6 is 0 Å². The molecular formula is C12H16O3. The van der Waals surface area contributed by atoms with E-state index in [2.05, 4.69) is 4.74 Å². The van der Waals surface area contributed by atoms with Crippen molar-refractivity contribution < 1.29 is 14.3 Å². The van der Waals surface area contributed by atoms with Crippen molar-refractivity contribution in [3.8, 4) is 5.75 Å². The van der Waals surface area contributed by atoms with E-state index in [-0.39, 0.29) is 11.9 Å². The van der Waals surface area contributed by atoms with Gasteiger partial charge in [-0.25, -0.2) is 0 Å². The van der Waals surface area contributed by atoms with Crippen LogP contribution in [-0.2, 0) is 9.53 Å². The van der Waals surface area contributed by atoms with Gasteiger partial charge in [0.25, 0.3) is 0 Å². The summed E-state index contributed by atoms with van der Waals surface area (Å²) in [6, 6.07) is 7.51. The number of hydrogen-bond donors (Lipinski definition) is 0. The van der Waals surface area contributed by atoms with Crippen LogP contribution < -0.4 is 4.74 Å². The Morgan fingerprint density at radius 1 is 1.47 bits per heavy atom. The first kappa shape index (κ1) is 11.6. The lowest BCUT2D eigenvalue weighted by Crippen LogP contribution is -2.10. The summed E-state index contributed by atoms with van der Waals surface area (Å²) in [6.07, 6.45) is 0. The lowest BCUT2D eigenvalue weighted by molar-refractivity contribution is -0.141. The summed E-state index contributed by atoms with van der Waals surface area (Å²) in [5, 5.41) is 0. The molecule has 0 aromatic heterocycles. The van der Waals surface area contributed by atoms with Gasteiger partial charge in [-0.3, -0.25) is 4.79 Å². The lowest BCUT2D eigenvalue weighted by atomic mass is 10.0. The van der Waals surface area contributed by atoms with Crippen molar-refractivity contribution in [1.82, 2.24) is 0 Å². The maximum absolute atomic E-state index is 11.3. The van der Waals surface area contributed by atoms with E-state index in [1.807, 2.05) is 38.1 Å². The quantitative estimate of drug-likeness (QED) is 0.712. The van der Waals surface area contributed by atoms with Gasteiger partial charge >= 0.3 is 5.97 Å². The molecular weight excluding hydrogens is 192 g/mol. The minimum absolute atomic E-state index is 0.233. The second-order valence-electron chi connectivity index (χ2n) is 3.25. The van der Waals surface area contributed by atoms with E-state index < -0.39 is 0 Å². The van der Waals surface area contributed by atoms with Crippen LogP contribution in [0.5, 0.6) is 5.75 Å².